The fraction of sp³-hybridized carbons (Fsp3) is 0.464. The van der Waals surface area contributed by atoms with Crippen molar-refractivity contribution in [2.24, 2.45) is 0 Å². The second-order valence-corrected chi connectivity index (χ2v) is 9.15. The van der Waals surface area contributed by atoms with Gasteiger partial charge in [0.2, 0.25) is 0 Å². The first kappa shape index (κ1) is 25.9. The largest absolute Gasteiger partial charge is 0.338 e. The number of nitrogens with one attached hydrogen (secondary N) is 3. The van der Waals surface area contributed by atoms with Gasteiger partial charge in [-0.2, -0.15) is 0 Å². The van der Waals surface area contributed by atoms with Crippen LogP contribution in [0.15, 0.2) is 66.7 Å². The molecule has 6 heteroatoms. The van der Waals surface area contributed by atoms with Gasteiger partial charge in [0.15, 0.2) is 0 Å². The van der Waals surface area contributed by atoms with Crippen molar-refractivity contribution in [1.82, 2.24) is 25.8 Å². The molecule has 0 unspecified atom stereocenters. The molecular weight excluding hydrogens is 422 g/mol. The van der Waals surface area contributed by atoms with Gasteiger partial charge >= 0.3 is 6.03 Å². The molecule has 2 amide bonds. The molecule has 6 nitrogen and oxygen atoms in total. The summed E-state index contributed by atoms with van der Waals surface area (Å²) < 4.78 is 0. The topological polar surface area (TPSA) is 59.6 Å². The van der Waals surface area contributed by atoms with E-state index >= 15 is 0 Å². The second-order valence-electron chi connectivity index (χ2n) is 9.15. The molecule has 34 heavy (non-hydrogen) atoms. The van der Waals surface area contributed by atoms with Crippen LogP contribution in [-0.4, -0.2) is 81.3 Å². The summed E-state index contributed by atoms with van der Waals surface area (Å²) in [5.74, 6) is 0. The Bertz CT molecular complexity index is 879. The molecule has 3 rings (SSSR count). The number of rotatable bonds is 13. The van der Waals surface area contributed by atoms with Crippen molar-refractivity contribution in [1.29, 1.82) is 0 Å². The molecule has 1 saturated heterocycles. The van der Waals surface area contributed by atoms with E-state index in [0.717, 1.165) is 64.2 Å². The smallest absolute Gasteiger partial charge is 0.317 e. The predicted molar refractivity (Wildman–Crippen MR) is 141 cm³/mol. The normalized spacial score (nSPS) is 14.0. The summed E-state index contributed by atoms with van der Waals surface area (Å²) in [6.07, 6.45) is 1.82. The zero-order valence-corrected chi connectivity index (χ0v) is 20.7. The molecule has 3 N–H and O–H groups in total. The van der Waals surface area contributed by atoms with Crippen LogP contribution in [0.1, 0.15) is 16.7 Å². The predicted octanol–water partition coefficient (Wildman–Crippen LogP) is 2.84. The minimum atomic E-state index is -0.0159. The van der Waals surface area contributed by atoms with Crippen LogP contribution in [0.4, 0.5) is 4.79 Å². The van der Waals surface area contributed by atoms with E-state index in [1.807, 2.05) is 23.1 Å². The van der Waals surface area contributed by atoms with E-state index in [4.69, 9.17) is 0 Å². The lowest BCUT2D eigenvalue weighted by molar-refractivity contribution is 0.199. The van der Waals surface area contributed by atoms with E-state index in [1.165, 1.54) is 16.7 Å². The van der Waals surface area contributed by atoms with Crippen LogP contribution in [0.25, 0.3) is 0 Å². The lowest BCUT2D eigenvalue weighted by Gasteiger charge is -2.30. The first-order chi connectivity index (χ1) is 16.6. The highest BCUT2D eigenvalue weighted by Crippen LogP contribution is 2.05. The number of nitrogens with zero attached hydrogens (tertiary/aromatic N) is 2. The number of carbonyl (C=O) groups is 1. The Morgan fingerprint density at radius 1 is 1.00 bits per heavy atom. The molecule has 0 spiro atoms. The molecule has 1 aliphatic rings. The molecule has 0 atom stereocenters. The Hall–Kier alpha value is -2.67. The van der Waals surface area contributed by atoms with Crippen LogP contribution in [0.5, 0.6) is 0 Å². The first-order valence-corrected chi connectivity index (χ1v) is 12.5. The third-order valence-electron chi connectivity index (χ3n) is 6.12. The molecule has 1 fully saturated rings. The number of hydrogen-bond acceptors (Lipinski definition) is 4. The van der Waals surface area contributed by atoms with Gasteiger partial charge in [0, 0.05) is 58.9 Å². The number of piperazine rings is 1. The van der Waals surface area contributed by atoms with Gasteiger partial charge < -0.3 is 20.9 Å². The fourth-order valence-corrected chi connectivity index (χ4v) is 4.27. The fourth-order valence-electron chi connectivity index (χ4n) is 4.27. The van der Waals surface area contributed by atoms with E-state index in [-0.39, 0.29) is 6.03 Å². The van der Waals surface area contributed by atoms with Crippen LogP contribution in [-0.2, 0) is 12.8 Å². The molecule has 184 valence electrons. The van der Waals surface area contributed by atoms with E-state index in [9.17, 15) is 4.79 Å². The first-order valence-electron chi connectivity index (χ1n) is 12.5. The van der Waals surface area contributed by atoms with Crippen molar-refractivity contribution in [2.75, 3.05) is 65.4 Å². The Kier molecular flexibility index (Phi) is 11.1. The zero-order chi connectivity index (χ0) is 24.0. The molecule has 1 heterocycles. The number of hydrogen-bond donors (Lipinski definition) is 3. The molecule has 0 aliphatic carbocycles. The summed E-state index contributed by atoms with van der Waals surface area (Å²) in [5.41, 5.74) is 4.95. The maximum atomic E-state index is 13.0. The van der Waals surface area contributed by atoms with Crippen molar-refractivity contribution in [3.63, 3.8) is 0 Å². The number of amides is 2. The summed E-state index contributed by atoms with van der Waals surface area (Å²) in [6.45, 7) is 14.9. The summed E-state index contributed by atoms with van der Waals surface area (Å²) in [5, 5.41) is 10.00. The van der Waals surface area contributed by atoms with Gasteiger partial charge in [-0.1, -0.05) is 66.7 Å². The highest BCUT2D eigenvalue weighted by Gasteiger charge is 2.16. The average Bonchev–Trinajstić information content (AvgIpc) is 2.84. The van der Waals surface area contributed by atoms with E-state index in [1.54, 1.807) is 0 Å². The Morgan fingerprint density at radius 3 is 2.50 bits per heavy atom. The molecule has 0 aromatic heterocycles. The number of carbonyl (C=O) groups excluding carboxylic acids is 1. The molecule has 0 bridgehead atoms. The Morgan fingerprint density at radius 2 is 1.74 bits per heavy atom. The van der Waals surface area contributed by atoms with Crippen molar-refractivity contribution in [3.05, 3.63) is 83.4 Å². The molecular formula is C28H41N5O. The maximum Gasteiger partial charge on any atom is 0.317 e. The average molecular weight is 464 g/mol. The van der Waals surface area contributed by atoms with Crippen LogP contribution in [0, 0.1) is 6.92 Å². The van der Waals surface area contributed by atoms with E-state index in [2.05, 4.69) is 70.8 Å². The van der Waals surface area contributed by atoms with Gasteiger partial charge in [0.1, 0.15) is 0 Å². The van der Waals surface area contributed by atoms with Crippen molar-refractivity contribution < 1.29 is 4.79 Å². The van der Waals surface area contributed by atoms with Gasteiger partial charge in [-0.25, -0.2) is 4.79 Å². The number of urea groups is 1. The molecule has 2 aromatic rings. The van der Waals surface area contributed by atoms with Gasteiger partial charge in [-0.15, -0.1) is 0 Å². The minimum Gasteiger partial charge on any atom is -0.338 e. The zero-order valence-electron chi connectivity index (χ0n) is 20.7. The Balaban J connectivity index is 1.45. The Labute approximate surface area is 205 Å². The summed E-state index contributed by atoms with van der Waals surface area (Å²) in [6, 6.07) is 18.9. The molecule has 1 aliphatic heterocycles. The lowest BCUT2D eigenvalue weighted by Crippen LogP contribution is -2.47. The molecule has 0 radical (unpaired) electrons. The highest BCUT2D eigenvalue weighted by molar-refractivity contribution is 5.74. The highest BCUT2D eigenvalue weighted by atomic mass is 16.2. The SMILES string of the molecule is C=C(CN1CCNCC1)CN(CCNCCc1cccc(C)c1)C(=O)NCCc1ccccc1. The second kappa shape index (κ2) is 14.6. The van der Waals surface area contributed by atoms with Crippen LogP contribution >= 0.6 is 0 Å². The quantitative estimate of drug-likeness (QED) is 0.316. The number of aryl methyl sites for hydroxylation is 1. The summed E-state index contributed by atoms with van der Waals surface area (Å²) in [4.78, 5) is 17.3. The maximum absolute atomic E-state index is 13.0. The van der Waals surface area contributed by atoms with E-state index < -0.39 is 0 Å². The lowest BCUT2D eigenvalue weighted by atomic mass is 10.1. The van der Waals surface area contributed by atoms with Gasteiger partial charge in [0.05, 0.1) is 0 Å². The van der Waals surface area contributed by atoms with Gasteiger partial charge in [0.25, 0.3) is 0 Å². The van der Waals surface area contributed by atoms with Crippen molar-refractivity contribution >= 4 is 6.03 Å². The van der Waals surface area contributed by atoms with Crippen molar-refractivity contribution in [2.45, 2.75) is 19.8 Å². The van der Waals surface area contributed by atoms with Crippen LogP contribution in [0.3, 0.4) is 0 Å². The third-order valence-corrected chi connectivity index (χ3v) is 6.12. The van der Waals surface area contributed by atoms with Crippen molar-refractivity contribution in [3.8, 4) is 0 Å². The van der Waals surface area contributed by atoms with Crippen LogP contribution < -0.4 is 16.0 Å². The monoisotopic (exact) mass is 463 g/mol. The van der Waals surface area contributed by atoms with E-state index in [0.29, 0.717) is 19.6 Å². The standard InChI is InChI=1S/C28H41N5O/c1-24-7-6-10-27(21-24)11-13-29-17-20-33(23-25(2)22-32-18-15-30-16-19-32)28(34)31-14-12-26-8-4-3-5-9-26/h3-10,21,29-30H,2,11-20,22-23H2,1H3,(H,31,34). The van der Waals surface area contributed by atoms with Crippen LogP contribution in [0.2, 0.25) is 0 Å². The molecule has 2 aromatic carbocycles. The molecule has 0 saturated carbocycles. The number of benzene rings is 2. The third kappa shape index (κ3) is 9.67. The summed E-state index contributed by atoms with van der Waals surface area (Å²) in [7, 11) is 0. The minimum absolute atomic E-state index is 0.0159. The van der Waals surface area contributed by atoms with Gasteiger partial charge in [-0.05, 0) is 43.0 Å². The summed E-state index contributed by atoms with van der Waals surface area (Å²) >= 11 is 0. The van der Waals surface area contributed by atoms with Gasteiger partial charge in [-0.3, -0.25) is 4.90 Å².